The third-order valence-electron chi connectivity index (χ3n) is 2.06. The van der Waals surface area contributed by atoms with Crippen LogP contribution in [0.2, 0.25) is 5.02 Å². The standard InChI is InChI=1S/C11H15BrClN/c1-7-8(6-11(2,3)14)4-9(12)5-10(7)13/h4-5H,6,14H2,1-3H3. The first-order valence-electron chi connectivity index (χ1n) is 4.53. The Kier molecular flexibility index (Phi) is 3.62. The Balaban J connectivity index is 3.09. The van der Waals surface area contributed by atoms with Crippen molar-refractivity contribution in [3.8, 4) is 0 Å². The van der Waals surface area contributed by atoms with Crippen molar-refractivity contribution in [2.75, 3.05) is 0 Å². The second-order valence-electron chi connectivity index (χ2n) is 4.34. The van der Waals surface area contributed by atoms with Crippen LogP contribution in [0.1, 0.15) is 25.0 Å². The normalized spacial score (nSPS) is 11.9. The molecule has 1 nitrogen and oxygen atoms in total. The van der Waals surface area contributed by atoms with E-state index in [9.17, 15) is 0 Å². The molecular weight excluding hydrogens is 261 g/mol. The third kappa shape index (κ3) is 3.26. The smallest absolute Gasteiger partial charge is 0.0449 e. The number of halogens is 2. The minimum absolute atomic E-state index is 0.200. The number of benzene rings is 1. The molecule has 78 valence electrons. The molecule has 0 saturated carbocycles. The first kappa shape index (κ1) is 12.0. The van der Waals surface area contributed by atoms with Gasteiger partial charge in [0, 0.05) is 15.0 Å². The van der Waals surface area contributed by atoms with Crippen molar-refractivity contribution in [3.63, 3.8) is 0 Å². The molecule has 0 bridgehead atoms. The van der Waals surface area contributed by atoms with Crippen molar-refractivity contribution in [1.82, 2.24) is 0 Å². The van der Waals surface area contributed by atoms with Crippen molar-refractivity contribution < 1.29 is 0 Å². The minimum Gasteiger partial charge on any atom is -0.325 e. The Bertz CT molecular complexity index is 342. The molecule has 0 aliphatic carbocycles. The molecule has 14 heavy (non-hydrogen) atoms. The van der Waals surface area contributed by atoms with E-state index in [-0.39, 0.29) is 5.54 Å². The molecule has 0 radical (unpaired) electrons. The van der Waals surface area contributed by atoms with Gasteiger partial charge in [0.1, 0.15) is 0 Å². The van der Waals surface area contributed by atoms with Crippen molar-refractivity contribution in [2.45, 2.75) is 32.7 Å². The molecule has 0 amide bonds. The maximum atomic E-state index is 6.08. The van der Waals surface area contributed by atoms with Crippen LogP contribution < -0.4 is 5.73 Å². The highest BCUT2D eigenvalue weighted by molar-refractivity contribution is 9.10. The predicted octanol–water partition coefficient (Wildman–Crippen LogP) is 3.69. The zero-order valence-electron chi connectivity index (χ0n) is 8.70. The van der Waals surface area contributed by atoms with Gasteiger partial charge in [-0.25, -0.2) is 0 Å². The van der Waals surface area contributed by atoms with Gasteiger partial charge in [-0.3, -0.25) is 0 Å². The second-order valence-corrected chi connectivity index (χ2v) is 5.66. The van der Waals surface area contributed by atoms with Crippen LogP contribution in [0.5, 0.6) is 0 Å². The van der Waals surface area contributed by atoms with E-state index in [0.717, 1.165) is 21.5 Å². The Morgan fingerprint density at radius 1 is 1.43 bits per heavy atom. The van der Waals surface area contributed by atoms with E-state index in [1.807, 2.05) is 26.8 Å². The van der Waals surface area contributed by atoms with Crippen molar-refractivity contribution in [2.24, 2.45) is 5.73 Å². The molecule has 0 spiro atoms. The summed E-state index contributed by atoms with van der Waals surface area (Å²) in [6.45, 7) is 6.05. The zero-order chi connectivity index (χ0) is 10.9. The number of hydrogen-bond acceptors (Lipinski definition) is 1. The molecule has 0 atom stereocenters. The summed E-state index contributed by atoms with van der Waals surface area (Å²) < 4.78 is 1.01. The molecule has 0 aromatic heterocycles. The fourth-order valence-electron chi connectivity index (χ4n) is 1.37. The molecule has 0 fully saturated rings. The van der Waals surface area contributed by atoms with Gasteiger partial charge >= 0.3 is 0 Å². The summed E-state index contributed by atoms with van der Waals surface area (Å²) >= 11 is 9.51. The van der Waals surface area contributed by atoms with E-state index in [1.54, 1.807) is 0 Å². The number of rotatable bonds is 2. The molecule has 0 unspecified atom stereocenters. The molecule has 2 N–H and O–H groups in total. The van der Waals surface area contributed by atoms with Crippen LogP contribution >= 0.6 is 27.5 Å². The molecule has 0 aliphatic heterocycles. The zero-order valence-corrected chi connectivity index (χ0v) is 11.0. The lowest BCUT2D eigenvalue weighted by Crippen LogP contribution is -2.34. The number of hydrogen-bond donors (Lipinski definition) is 1. The lowest BCUT2D eigenvalue weighted by atomic mass is 9.93. The van der Waals surface area contributed by atoms with Crippen LogP contribution in [0.4, 0.5) is 0 Å². The summed E-state index contributed by atoms with van der Waals surface area (Å²) in [4.78, 5) is 0. The monoisotopic (exact) mass is 275 g/mol. The summed E-state index contributed by atoms with van der Waals surface area (Å²) in [6.07, 6.45) is 0.831. The van der Waals surface area contributed by atoms with Gasteiger partial charge in [0.25, 0.3) is 0 Å². The highest BCUT2D eigenvalue weighted by atomic mass is 79.9. The Morgan fingerprint density at radius 3 is 2.50 bits per heavy atom. The summed E-state index contributed by atoms with van der Waals surface area (Å²) in [5, 5.41) is 0.790. The second kappa shape index (κ2) is 4.21. The average Bonchev–Trinajstić information content (AvgIpc) is 1.96. The van der Waals surface area contributed by atoms with E-state index in [2.05, 4.69) is 22.0 Å². The summed E-state index contributed by atoms with van der Waals surface area (Å²) in [5.41, 5.74) is 8.10. The molecular formula is C11H15BrClN. The topological polar surface area (TPSA) is 26.0 Å². The Morgan fingerprint density at radius 2 is 2.00 bits per heavy atom. The molecule has 1 rings (SSSR count). The number of nitrogens with two attached hydrogens (primary N) is 1. The molecule has 0 heterocycles. The van der Waals surface area contributed by atoms with Crippen LogP contribution in [0.25, 0.3) is 0 Å². The van der Waals surface area contributed by atoms with E-state index < -0.39 is 0 Å². The largest absolute Gasteiger partial charge is 0.325 e. The molecule has 0 saturated heterocycles. The van der Waals surface area contributed by atoms with Crippen molar-refractivity contribution in [1.29, 1.82) is 0 Å². The van der Waals surface area contributed by atoms with Gasteiger partial charge in [-0.05, 0) is 50.5 Å². The lowest BCUT2D eigenvalue weighted by Gasteiger charge is -2.20. The Hall–Kier alpha value is -0.0500. The van der Waals surface area contributed by atoms with Crippen LogP contribution in [0.15, 0.2) is 16.6 Å². The average molecular weight is 277 g/mol. The van der Waals surface area contributed by atoms with Crippen LogP contribution in [0, 0.1) is 6.92 Å². The first-order chi connectivity index (χ1) is 6.29. The minimum atomic E-state index is -0.200. The van der Waals surface area contributed by atoms with Gasteiger partial charge in [-0.15, -0.1) is 0 Å². The fraction of sp³-hybridized carbons (Fsp3) is 0.455. The molecule has 0 aliphatic rings. The SMILES string of the molecule is Cc1c(Cl)cc(Br)cc1CC(C)(C)N. The van der Waals surface area contributed by atoms with Crippen LogP contribution in [-0.2, 0) is 6.42 Å². The van der Waals surface area contributed by atoms with Gasteiger partial charge in [-0.2, -0.15) is 0 Å². The van der Waals surface area contributed by atoms with Crippen LogP contribution in [-0.4, -0.2) is 5.54 Å². The Labute approximate surface area is 98.8 Å². The van der Waals surface area contributed by atoms with Gasteiger partial charge in [0.15, 0.2) is 0 Å². The predicted molar refractivity (Wildman–Crippen MR) is 65.9 cm³/mol. The van der Waals surface area contributed by atoms with Gasteiger partial charge in [-0.1, -0.05) is 27.5 Å². The quantitative estimate of drug-likeness (QED) is 0.876. The van der Waals surface area contributed by atoms with Gasteiger partial charge in [0.2, 0.25) is 0 Å². The summed E-state index contributed by atoms with van der Waals surface area (Å²) in [7, 11) is 0. The molecule has 1 aromatic rings. The van der Waals surface area contributed by atoms with Gasteiger partial charge < -0.3 is 5.73 Å². The first-order valence-corrected chi connectivity index (χ1v) is 5.70. The molecule has 1 aromatic carbocycles. The summed E-state index contributed by atoms with van der Waals surface area (Å²) in [6, 6.07) is 3.99. The fourth-order valence-corrected chi connectivity index (χ4v) is 2.25. The third-order valence-corrected chi connectivity index (χ3v) is 2.91. The van der Waals surface area contributed by atoms with E-state index in [4.69, 9.17) is 17.3 Å². The van der Waals surface area contributed by atoms with Crippen molar-refractivity contribution in [3.05, 3.63) is 32.8 Å². The highest BCUT2D eigenvalue weighted by Gasteiger charge is 2.14. The maximum Gasteiger partial charge on any atom is 0.0449 e. The van der Waals surface area contributed by atoms with Crippen molar-refractivity contribution >= 4 is 27.5 Å². The lowest BCUT2D eigenvalue weighted by molar-refractivity contribution is 0.515. The molecule has 3 heteroatoms. The maximum absolute atomic E-state index is 6.08. The van der Waals surface area contributed by atoms with E-state index in [1.165, 1.54) is 5.56 Å². The van der Waals surface area contributed by atoms with Gasteiger partial charge in [0.05, 0.1) is 0 Å². The summed E-state index contributed by atoms with van der Waals surface area (Å²) in [5.74, 6) is 0. The van der Waals surface area contributed by atoms with E-state index in [0.29, 0.717) is 0 Å². The van der Waals surface area contributed by atoms with E-state index >= 15 is 0 Å². The highest BCUT2D eigenvalue weighted by Crippen LogP contribution is 2.26. The van der Waals surface area contributed by atoms with Crippen LogP contribution in [0.3, 0.4) is 0 Å².